The van der Waals surface area contributed by atoms with Crippen LogP contribution in [0.2, 0.25) is 0 Å². The van der Waals surface area contributed by atoms with Crippen molar-refractivity contribution in [1.82, 2.24) is 79.3 Å². The molecule has 3 aliphatic heterocycles. The van der Waals surface area contributed by atoms with Crippen LogP contribution in [-0.4, -0.2) is 284 Å². The number of rotatable bonds is 75. The number of hydrogen-bond donors (Lipinski definition) is 18. The molecule has 1 aromatic rings. The zero-order chi connectivity index (χ0) is 104. The molecule has 15 amide bonds. The SMILES string of the molecule is CCCC(=O)[C@H](Cc1ccc(OC(C)(C)C)cc1)NC(=O)[C@H](CCCCNC(=O)CCCCC1SCC2NC(=O)NC21)CC(=O)CNC(=O)[C@H](CCCCNC(=O)[C@H](CCCCNC(=O)CNC(=O)[C@H](CCCCNC(=O)CCCC(=O)O)NC(=O)CCCC(=O)O)NC(=O)CCC(=O)[C@H](CCCCNC(=O)CCCC(=O)O)NC(=O)CCCC(=O)O)CC(=O)CNC(=O)C1CSCN1C(=O)OC(C)(C)C. The summed E-state index contributed by atoms with van der Waals surface area (Å²) in [5, 5.41) is 74.5. The number of fused-ring (bicyclic) bond motifs is 1. The third-order valence-corrected chi connectivity index (χ3v) is 25.5. The maximum atomic E-state index is 14.7. The van der Waals surface area contributed by atoms with Crippen molar-refractivity contribution in [2.75, 3.05) is 69.7 Å². The molecule has 0 spiro atoms. The molecule has 0 bridgehead atoms. The number of nitrogens with one attached hydrogen (secondary N) is 14. The van der Waals surface area contributed by atoms with Gasteiger partial charge in [-0.15, -0.1) is 11.8 Å². The summed E-state index contributed by atoms with van der Waals surface area (Å²) in [6.07, 6.45) is 1.77. The van der Waals surface area contributed by atoms with Gasteiger partial charge in [0.25, 0.3) is 0 Å². The topological polar surface area (TPSA) is 647 Å². The van der Waals surface area contributed by atoms with E-state index in [-0.39, 0.29) is 252 Å². The fraction of sp³-hybridized carbons (Fsp3) is 0.708. The van der Waals surface area contributed by atoms with Gasteiger partial charge in [0.1, 0.15) is 35.1 Å². The van der Waals surface area contributed by atoms with Crippen molar-refractivity contribution >= 4 is 154 Å². The molecule has 1 aromatic carbocycles. The Balaban J connectivity index is 1.56. The van der Waals surface area contributed by atoms with E-state index in [1.807, 2.05) is 27.7 Å². The van der Waals surface area contributed by atoms with Gasteiger partial charge in [0, 0.05) is 151 Å². The number of ether oxygens (including phenoxy) is 2. The maximum Gasteiger partial charge on any atom is 0.411 e. The fourth-order valence-corrected chi connectivity index (χ4v) is 18.3. The second-order valence-corrected chi connectivity index (χ2v) is 40.0. The van der Waals surface area contributed by atoms with Gasteiger partial charge in [-0.25, -0.2) is 9.59 Å². The Morgan fingerprint density at radius 2 is 0.844 bits per heavy atom. The molecule has 3 fully saturated rings. The lowest BCUT2D eigenvalue weighted by Crippen LogP contribution is -2.49. The molecular weight excluding hydrogens is 1880 g/mol. The molecule has 141 heavy (non-hydrogen) atoms. The van der Waals surface area contributed by atoms with E-state index in [0.29, 0.717) is 44.3 Å². The molecule has 0 aromatic heterocycles. The van der Waals surface area contributed by atoms with Crippen LogP contribution in [-0.2, 0) is 107 Å². The standard InChI is InChI=1S/C96H151N15O28S2/c1-8-25-73(114)70(52-61-41-43-66(44-42-61)138-95(2,3)4)108-89(132)63(27-11-16-47-97-76(116)32-10-9-31-75-87-71(58-141-75)109-93(136)110-87)54-65(113)55-102-88(131)62(53-64(112)56-103-92(135)72-59-140-60-111(72)94(137)139-96(5,6)7)26-12-17-51-101-90(133)68(107-81(121)46-45-74(115)67(105-79(119)35-23-39-85(127)128)28-13-18-48-98-77(117)33-21-37-83(123)124)29-15-20-50-100-82(122)57-104-91(134)69(106-80(120)36-24-40-86(129)130)30-14-19-49-99-78(118)34-22-38-84(125)126/h41-44,62-63,67-72,75,87H,8-40,45-60H2,1-7H3,(H,97,116)(H,98,117)(H,99,118)(H,100,122)(H,101,133)(H,102,131)(H,103,135)(H,104,134)(H,105,119)(H,106,120)(H,107,121)(H,108,132)(H,123,124)(H,125,126)(H,127,128)(H,129,130)(H2,109,110,136)/t62-,63-,67+,68+,69+,70+,71?,72?,75?,87?/m1/s1. The van der Waals surface area contributed by atoms with Crippen LogP contribution in [0.3, 0.4) is 0 Å². The van der Waals surface area contributed by atoms with E-state index in [1.165, 1.54) is 16.7 Å². The number of carbonyl (C=O) groups excluding carboxylic acids is 18. The highest BCUT2D eigenvalue weighted by molar-refractivity contribution is 8.00. The molecule has 18 N–H and O–H groups in total. The van der Waals surface area contributed by atoms with Gasteiger partial charge in [-0.1, -0.05) is 38.3 Å². The van der Waals surface area contributed by atoms with Gasteiger partial charge in [0.2, 0.25) is 70.9 Å². The molecule has 4 rings (SSSR count). The van der Waals surface area contributed by atoms with Crippen LogP contribution < -0.4 is 79.2 Å². The minimum Gasteiger partial charge on any atom is -0.488 e. The number of carboxylic acid groups (broad SMARTS) is 4. The van der Waals surface area contributed by atoms with Gasteiger partial charge in [-0.05, 0) is 194 Å². The molecular formula is C96H151N15O28S2. The average Bonchev–Trinajstić information content (AvgIpc) is 1.65. The Labute approximate surface area is 832 Å². The van der Waals surface area contributed by atoms with E-state index in [2.05, 4.69) is 74.4 Å². The first-order chi connectivity index (χ1) is 66.9. The summed E-state index contributed by atoms with van der Waals surface area (Å²) >= 11 is 3.08. The first-order valence-electron chi connectivity index (χ1n) is 49.2. The van der Waals surface area contributed by atoms with E-state index < -0.39 is 205 Å². The Morgan fingerprint density at radius 3 is 1.34 bits per heavy atom. The summed E-state index contributed by atoms with van der Waals surface area (Å²) in [7, 11) is 0. The van der Waals surface area contributed by atoms with Crippen LogP contribution >= 0.6 is 23.5 Å². The Hall–Kier alpha value is -11.5. The molecule has 43 nitrogen and oxygen atoms in total. The Kier molecular flexibility index (Phi) is 57.9. The maximum absolute atomic E-state index is 14.7. The molecule has 0 aliphatic carbocycles. The minimum absolute atomic E-state index is 0.0202. The number of nitrogens with zero attached hydrogens (tertiary/aromatic N) is 1. The lowest BCUT2D eigenvalue weighted by molar-refractivity contribution is -0.138. The summed E-state index contributed by atoms with van der Waals surface area (Å²) < 4.78 is 11.5. The normalized spacial score (nSPS) is 16.0. The van der Waals surface area contributed by atoms with Crippen molar-refractivity contribution in [3.63, 3.8) is 0 Å². The number of aliphatic carboxylic acids is 4. The molecule has 45 heteroatoms. The van der Waals surface area contributed by atoms with Gasteiger partial charge in [0.05, 0.1) is 49.7 Å². The second kappa shape index (κ2) is 67.0. The smallest absolute Gasteiger partial charge is 0.411 e. The number of thioether (sulfide) groups is 2. The van der Waals surface area contributed by atoms with Crippen molar-refractivity contribution < 1.29 is 135 Å². The summed E-state index contributed by atoms with van der Waals surface area (Å²) in [5.74, 6) is -14.1. The van der Waals surface area contributed by atoms with Crippen molar-refractivity contribution in [3.8, 4) is 5.75 Å². The van der Waals surface area contributed by atoms with Crippen LogP contribution in [0.5, 0.6) is 5.75 Å². The molecule has 790 valence electrons. The van der Waals surface area contributed by atoms with Crippen molar-refractivity contribution in [2.45, 2.75) is 351 Å². The first-order valence-corrected chi connectivity index (χ1v) is 51.4. The van der Waals surface area contributed by atoms with E-state index in [4.69, 9.17) is 24.8 Å². The Bertz CT molecular complexity index is 4320. The summed E-state index contributed by atoms with van der Waals surface area (Å²) in [6.45, 7) is 11.2. The number of hydrogen-bond acceptors (Lipinski definition) is 26. The third-order valence-electron chi connectivity index (χ3n) is 23.0. The lowest BCUT2D eigenvalue weighted by atomic mass is 9.92. The van der Waals surface area contributed by atoms with Gasteiger partial charge < -0.3 is 104 Å². The van der Waals surface area contributed by atoms with Gasteiger partial charge in [-0.2, -0.15) is 11.8 Å². The highest BCUT2D eigenvalue weighted by Gasteiger charge is 2.43. The van der Waals surface area contributed by atoms with Crippen molar-refractivity contribution in [1.29, 1.82) is 0 Å². The number of carboxylic acids is 4. The van der Waals surface area contributed by atoms with E-state index in [1.54, 1.807) is 56.8 Å². The number of benzene rings is 1. The fourth-order valence-electron chi connectivity index (χ4n) is 15.6. The number of Topliss-reactive ketones (excluding diaryl/α,β-unsaturated/α-hetero) is 4. The number of unbranched alkanes of at least 4 members (excludes halogenated alkanes) is 6. The first kappa shape index (κ1) is 122. The quantitative estimate of drug-likeness (QED) is 0.0299. The molecule has 0 saturated carbocycles. The number of urea groups is 1. The second-order valence-electron chi connectivity index (χ2n) is 37.7. The van der Waals surface area contributed by atoms with Crippen molar-refractivity contribution in [3.05, 3.63) is 29.8 Å². The highest BCUT2D eigenvalue weighted by atomic mass is 32.2. The van der Waals surface area contributed by atoms with Gasteiger partial charge in [0.15, 0.2) is 23.1 Å². The van der Waals surface area contributed by atoms with Gasteiger partial charge >= 0.3 is 36.0 Å². The molecule has 3 aliphatic rings. The molecule has 4 unspecified atom stereocenters. The molecule has 0 radical (unpaired) electrons. The van der Waals surface area contributed by atoms with Crippen LogP contribution in [0.1, 0.15) is 292 Å². The number of amides is 15. The number of ketones is 4. The highest BCUT2D eigenvalue weighted by Crippen LogP contribution is 2.34. The van der Waals surface area contributed by atoms with Crippen LogP contribution in [0.15, 0.2) is 24.3 Å². The average molecular weight is 2030 g/mol. The lowest BCUT2D eigenvalue weighted by Gasteiger charge is -2.27. The molecule has 3 saturated heterocycles. The Morgan fingerprint density at radius 1 is 0.411 bits per heavy atom. The minimum atomic E-state index is -1.31. The van der Waals surface area contributed by atoms with Crippen LogP contribution in [0, 0.1) is 11.8 Å². The summed E-state index contributed by atoms with van der Waals surface area (Å²) in [5.41, 5.74) is -0.671. The van der Waals surface area contributed by atoms with Crippen LogP contribution in [0.25, 0.3) is 0 Å². The predicted molar refractivity (Wildman–Crippen MR) is 521 cm³/mol. The molecule has 3 heterocycles. The van der Waals surface area contributed by atoms with Crippen LogP contribution in [0.4, 0.5) is 9.59 Å². The van der Waals surface area contributed by atoms with Crippen molar-refractivity contribution in [2.24, 2.45) is 11.8 Å². The van der Waals surface area contributed by atoms with Gasteiger partial charge in [-0.3, -0.25) is 101 Å². The third kappa shape index (κ3) is 54.9. The zero-order valence-electron chi connectivity index (χ0n) is 82.6. The zero-order valence-corrected chi connectivity index (χ0v) is 84.2. The monoisotopic (exact) mass is 2030 g/mol. The van der Waals surface area contributed by atoms with E-state index in [9.17, 15) is 111 Å². The molecule has 10 atom stereocenters. The summed E-state index contributed by atoms with van der Waals surface area (Å²) in [6, 6.07) is 1.41. The number of carbonyl (C=O) groups is 22. The van der Waals surface area contributed by atoms with E-state index >= 15 is 0 Å². The largest absolute Gasteiger partial charge is 0.488 e. The summed E-state index contributed by atoms with van der Waals surface area (Å²) in [4.78, 5) is 288. The van der Waals surface area contributed by atoms with E-state index in [0.717, 1.165) is 24.2 Å². The predicted octanol–water partition coefficient (Wildman–Crippen LogP) is 5.05.